The predicted molar refractivity (Wildman–Crippen MR) is 101 cm³/mol. The van der Waals surface area contributed by atoms with Crippen molar-refractivity contribution in [1.82, 2.24) is 20.2 Å². The van der Waals surface area contributed by atoms with E-state index >= 15 is 0 Å². The molecule has 136 valence electrons. The van der Waals surface area contributed by atoms with Gasteiger partial charge in [-0.05, 0) is 38.5 Å². The Hall–Kier alpha value is -2.67. The maximum absolute atomic E-state index is 5.82. The first-order valence-corrected chi connectivity index (χ1v) is 8.89. The van der Waals surface area contributed by atoms with Crippen molar-refractivity contribution in [3.63, 3.8) is 0 Å². The molecule has 2 aromatic heterocycles. The van der Waals surface area contributed by atoms with Gasteiger partial charge in [-0.3, -0.25) is 5.10 Å². The molecule has 1 aromatic carbocycles. The lowest BCUT2D eigenvalue weighted by molar-refractivity contribution is 0.121. The summed E-state index contributed by atoms with van der Waals surface area (Å²) in [6.45, 7) is 5.81. The Balaban J connectivity index is 1.68. The summed E-state index contributed by atoms with van der Waals surface area (Å²) >= 11 is 0. The van der Waals surface area contributed by atoms with Crippen molar-refractivity contribution < 1.29 is 9.47 Å². The molecule has 1 N–H and O–H groups in total. The number of ether oxygens (including phenoxy) is 2. The Morgan fingerprint density at radius 3 is 2.88 bits per heavy atom. The van der Waals surface area contributed by atoms with Gasteiger partial charge < -0.3 is 14.4 Å². The summed E-state index contributed by atoms with van der Waals surface area (Å²) in [6, 6.07) is 7.93. The van der Waals surface area contributed by atoms with Crippen LogP contribution in [0.4, 0.5) is 5.82 Å². The number of hydrogen-bond acceptors (Lipinski definition) is 6. The minimum Gasteiger partial charge on any atom is -0.491 e. The zero-order valence-corrected chi connectivity index (χ0v) is 15.3. The van der Waals surface area contributed by atoms with Gasteiger partial charge in [0.1, 0.15) is 23.6 Å². The molecule has 0 spiro atoms. The quantitative estimate of drug-likeness (QED) is 0.760. The second kappa shape index (κ2) is 6.92. The third-order valence-electron chi connectivity index (χ3n) is 4.60. The fraction of sp³-hybridized carbons (Fsp3) is 0.421. The van der Waals surface area contributed by atoms with Crippen LogP contribution in [0.5, 0.6) is 5.75 Å². The minimum atomic E-state index is 0.123. The molecule has 0 bridgehead atoms. The average Bonchev–Trinajstić information content (AvgIpc) is 3.28. The summed E-state index contributed by atoms with van der Waals surface area (Å²) < 4.78 is 11.3. The molecule has 1 aliphatic rings. The molecule has 26 heavy (non-hydrogen) atoms. The molecule has 7 heteroatoms. The van der Waals surface area contributed by atoms with Crippen LogP contribution in [0.25, 0.3) is 22.3 Å². The zero-order chi connectivity index (χ0) is 18.1. The lowest BCUT2D eigenvalue weighted by atomic mass is 10.1. The predicted octanol–water partition coefficient (Wildman–Crippen LogP) is 3.03. The van der Waals surface area contributed by atoms with E-state index in [2.05, 4.69) is 25.1 Å². The number of nitrogens with zero attached hydrogens (tertiary/aromatic N) is 4. The van der Waals surface area contributed by atoms with E-state index in [1.165, 1.54) is 0 Å². The molecular weight excluding hydrogens is 330 g/mol. The Kier molecular flexibility index (Phi) is 4.46. The van der Waals surface area contributed by atoms with Crippen molar-refractivity contribution in [2.24, 2.45) is 0 Å². The minimum absolute atomic E-state index is 0.123. The number of benzene rings is 1. The van der Waals surface area contributed by atoms with Crippen LogP contribution in [-0.2, 0) is 4.74 Å². The van der Waals surface area contributed by atoms with Crippen molar-refractivity contribution in [3.05, 3.63) is 30.6 Å². The van der Waals surface area contributed by atoms with Gasteiger partial charge in [-0.2, -0.15) is 5.10 Å². The number of H-pyrrole nitrogens is 1. The summed E-state index contributed by atoms with van der Waals surface area (Å²) in [5.41, 5.74) is 2.56. The summed E-state index contributed by atoms with van der Waals surface area (Å²) in [5.74, 6) is 1.73. The number of aromatic amines is 1. The number of hydrogen-bond donors (Lipinski definition) is 1. The molecule has 1 aliphatic heterocycles. The third kappa shape index (κ3) is 3.22. The maximum Gasteiger partial charge on any atom is 0.132 e. The standard InChI is InChI=1S/C19H23N5O2/c1-12(2)26-13-4-5-16-15(8-13)19(23-22-16)17-9-18(21-11-20-17)24-7-6-14(10-24)25-3/h4-5,8-9,11-12,14H,6-7,10H2,1-3H3,(H,22,23)/t14-/m0/s1. The topological polar surface area (TPSA) is 76.2 Å². The highest BCUT2D eigenvalue weighted by Gasteiger charge is 2.24. The van der Waals surface area contributed by atoms with Crippen LogP contribution < -0.4 is 9.64 Å². The van der Waals surface area contributed by atoms with Crippen LogP contribution in [0.2, 0.25) is 0 Å². The van der Waals surface area contributed by atoms with Crippen LogP contribution in [-0.4, -0.2) is 52.6 Å². The maximum atomic E-state index is 5.82. The van der Waals surface area contributed by atoms with Gasteiger partial charge in [0.15, 0.2) is 0 Å². The first-order chi connectivity index (χ1) is 12.6. The third-order valence-corrected chi connectivity index (χ3v) is 4.60. The number of anilines is 1. The number of aromatic nitrogens is 4. The Morgan fingerprint density at radius 2 is 2.12 bits per heavy atom. The van der Waals surface area contributed by atoms with Crippen molar-refractivity contribution in [3.8, 4) is 17.1 Å². The van der Waals surface area contributed by atoms with Crippen molar-refractivity contribution in [2.45, 2.75) is 32.5 Å². The lowest BCUT2D eigenvalue weighted by Crippen LogP contribution is -2.23. The van der Waals surface area contributed by atoms with Crippen LogP contribution in [0.3, 0.4) is 0 Å². The number of methoxy groups -OCH3 is 1. The van der Waals surface area contributed by atoms with E-state index < -0.39 is 0 Å². The van der Waals surface area contributed by atoms with Crippen LogP contribution in [0.15, 0.2) is 30.6 Å². The summed E-state index contributed by atoms with van der Waals surface area (Å²) in [4.78, 5) is 11.1. The second-order valence-electron chi connectivity index (χ2n) is 6.80. The molecule has 0 saturated carbocycles. The van der Waals surface area contributed by atoms with Gasteiger partial charge in [0.2, 0.25) is 0 Å². The molecule has 0 aliphatic carbocycles. The first kappa shape index (κ1) is 16.8. The normalized spacial score (nSPS) is 17.4. The molecule has 3 heterocycles. The fourth-order valence-corrected chi connectivity index (χ4v) is 3.31. The molecule has 1 fully saturated rings. The Morgan fingerprint density at radius 1 is 1.23 bits per heavy atom. The van der Waals surface area contributed by atoms with E-state index in [1.54, 1.807) is 13.4 Å². The summed E-state index contributed by atoms with van der Waals surface area (Å²) in [7, 11) is 1.76. The molecule has 4 rings (SSSR count). The van der Waals surface area contributed by atoms with Gasteiger partial charge in [0.25, 0.3) is 0 Å². The summed E-state index contributed by atoms with van der Waals surface area (Å²) in [5, 5.41) is 8.53. The fourth-order valence-electron chi connectivity index (χ4n) is 3.31. The first-order valence-electron chi connectivity index (χ1n) is 8.89. The highest BCUT2D eigenvalue weighted by molar-refractivity contribution is 5.93. The van der Waals surface area contributed by atoms with Gasteiger partial charge in [0.05, 0.1) is 23.4 Å². The van der Waals surface area contributed by atoms with Crippen LogP contribution in [0.1, 0.15) is 20.3 Å². The van der Waals surface area contributed by atoms with Crippen LogP contribution >= 0.6 is 0 Å². The summed E-state index contributed by atoms with van der Waals surface area (Å²) in [6.07, 6.45) is 2.99. The second-order valence-corrected chi connectivity index (χ2v) is 6.80. The zero-order valence-electron chi connectivity index (χ0n) is 15.3. The van der Waals surface area contributed by atoms with Crippen LogP contribution in [0, 0.1) is 0 Å². The molecule has 1 atom stereocenters. The lowest BCUT2D eigenvalue weighted by Gasteiger charge is -2.17. The molecule has 3 aromatic rings. The molecule has 0 amide bonds. The highest BCUT2D eigenvalue weighted by atomic mass is 16.5. The van der Waals surface area contributed by atoms with Crippen molar-refractivity contribution >= 4 is 16.7 Å². The van der Waals surface area contributed by atoms with E-state index in [4.69, 9.17) is 9.47 Å². The van der Waals surface area contributed by atoms with Gasteiger partial charge in [0, 0.05) is 31.7 Å². The monoisotopic (exact) mass is 353 g/mol. The van der Waals surface area contributed by atoms with Gasteiger partial charge in [-0.25, -0.2) is 9.97 Å². The smallest absolute Gasteiger partial charge is 0.132 e. The molecule has 0 radical (unpaired) electrons. The average molecular weight is 353 g/mol. The van der Waals surface area contributed by atoms with E-state index in [-0.39, 0.29) is 12.2 Å². The van der Waals surface area contributed by atoms with Gasteiger partial charge >= 0.3 is 0 Å². The molecule has 7 nitrogen and oxygen atoms in total. The molecule has 0 unspecified atom stereocenters. The highest BCUT2D eigenvalue weighted by Crippen LogP contribution is 2.30. The molecular formula is C19H23N5O2. The van der Waals surface area contributed by atoms with E-state index in [0.29, 0.717) is 0 Å². The number of nitrogens with one attached hydrogen (secondary N) is 1. The van der Waals surface area contributed by atoms with Gasteiger partial charge in [-0.15, -0.1) is 0 Å². The Labute approximate surface area is 152 Å². The SMILES string of the molecule is CO[C@H]1CCN(c2cc(-c3n[nH]c4ccc(OC(C)C)cc34)ncn2)C1. The van der Waals surface area contributed by atoms with E-state index in [9.17, 15) is 0 Å². The van der Waals surface area contributed by atoms with E-state index in [1.807, 2.05) is 38.1 Å². The Bertz CT molecular complexity index is 908. The molecule has 1 saturated heterocycles. The van der Waals surface area contributed by atoms with E-state index in [0.717, 1.165) is 53.4 Å². The number of rotatable bonds is 5. The number of fused-ring (bicyclic) bond motifs is 1. The van der Waals surface area contributed by atoms with Crippen molar-refractivity contribution in [1.29, 1.82) is 0 Å². The van der Waals surface area contributed by atoms with Gasteiger partial charge in [-0.1, -0.05) is 0 Å². The largest absolute Gasteiger partial charge is 0.491 e. The van der Waals surface area contributed by atoms with Crippen molar-refractivity contribution in [2.75, 3.05) is 25.1 Å².